The largest absolute Gasteiger partial charge is 0.360 e. The Kier molecular flexibility index (Phi) is 4.48. The molecular formula is C13H21BrN2OSi. The summed E-state index contributed by atoms with van der Waals surface area (Å²) in [5.41, 5.74) is 5.89. The molecule has 0 aromatic heterocycles. The van der Waals surface area contributed by atoms with Crippen LogP contribution in [0, 0.1) is 0 Å². The van der Waals surface area contributed by atoms with E-state index in [0.717, 1.165) is 17.6 Å². The zero-order valence-corrected chi connectivity index (χ0v) is 13.9. The zero-order valence-electron chi connectivity index (χ0n) is 11.3. The minimum Gasteiger partial charge on any atom is -0.360 e. The summed E-state index contributed by atoms with van der Waals surface area (Å²) in [4.78, 5) is 0. The fraction of sp³-hybridized carbons (Fsp3) is 0.538. The molecule has 1 aliphatic heterocycles. The number of ether oxygens (including phenoxy) is 1. The van der Waals surface area contributed by atoms with Crippen LogP contribution in [-0.4, -0.2) is 21.4 Å². The van der Waals surface area contributed by atoms with Crippen molar-refractivity contribution in [1.82, 2.24) is 5.43 Å². The van der Waals surface area contributed by atoms with Gasteiger partial charge in [-0.25, -0.2) is 5.43 Å². The number of fused-ring (bicyclic) bond motifs is 1. The topological polar surface area (TPSA) is 24.5 Å². The predicted molar refractivity (Wildman–Crippen MR) is 82.4 cm³/mol. The van der Waals surface area contributed by atoms with Crippen LogP contribution in [0.5, 0.6) is 0 Å². The van der Waals surface area contributed by atoms with Crippen LogP contribution in [0.1, 0.15) is 5.56 Å². The molecule has 1 aromatic rings. The van der Waals surface area contributed by atoms with Crippen molar-refractivity contribution >= 4 is 29.7 Å². The molecule has 2 rings (SSSR count). The minimum absolute atomic E-state index is 0.619. The van der Waals surface area contributed by atoms with Gasteiger partial charge in [0.2, 0.25) is 0 Å². The number of rotatable bonds is 5. The van der Waals surface area contributed by atoms with Gasteiger partial charge in [-0.1, -0.05) is 41.6 Å². The fourth-order valence-corrected chi connectivity index (χ4v) is 2.96. The van der Waals surface area contributed by atoms with Gasteiger partial charge in [0.25, 0.3) is 0 Å². The van der Waals surface area contributed by atoms with E-state index in [1.165, 1.54) is 17.3 Å². The third-order valence-corrected chi connectivity index (χ3v) is 5.21. The standard InChI is InChI=1S/C13H21BrN2OSi/c1-18(2,3)7-6-17-10-16-13-8-12(14)5-4-11(13)9-15-16/h4-5,8,15H,6-7,9-10H2,1-3H3. The van der Waals surface area contributed by atoms with Gasteiger partial charge in [0, 0.05) is 25.7 Å². The number of anilines is 1. The molecule has 0 saturated heterocycles. The molecule has 0 spiro atoms. The van der Waals surface area contributed by atoms with Gasteiger partial charge in [0.15, 0.2) is 0 Å². The first-order valence-electron chi connectivity index (χ1n) is 6.33. The van der Waals surface area contributed by atoms with E-state index in [4.69, 9.17) is 4.74 Å². The lowest BCUT2D eigenvalue weighted by Crippen LogP contribution is -2.35. The monoisotopic (exact) mass is 328 g/mol. The zero-order chi connectivity index (χ0) is 13.2. The van der Waals surface area contributed by atoms with Gasteiger partial charge in [-0.3, -0.25) is 5.01 Å². The van der Waals surface area contributed by atoms with Gasteiger partial charge in [0.1, 0.15) is 6.73 Å². The molecule has 1 N–H and O–H groups in total. The summed E-state index contributed by atoms with van der Waals surface area (Å²) in [5.74, 6) is 0. The molecule has 0 fully saturated rings. The summed E-state index contributed by atoms with van der Waals surface area (Å²) in [6.45, 7) is 9.48. The van der Waals surface area contributed by atoms with Crippen molar-refractivity contribution in [2.75, 3.05) is 18.3 Å². The second-order valence-electron chi connectivity index (χ2n) is 5.88. The number of benzene rings is 1. The molecule has 1 aliphatic rings. The number of hydrogen-bond donors (Lipinski definition) is 1. The van der Waals surface area contributed by atoms with E-state index in [2.05, 4.69) is 64.2 Å². The van der Waals surface area contributed by atoms with Crippen LogP contribution in [0.4, 0.5) is 5.69 Å². The number of halogens is 1. The maximum Gasteiger partial charge on any atom is 0.133 e. The Morgan fingerprint density at radius 1 is 1.39 bits per heavy atom. The summed E-state index contributed by atoms with van der Waals surface area (Å²) >= 11 is 3.51. The second kappa shape index (κ2) is 5.73. The summed E-state index contributed by atoms with van der Waals surface area (Å²) in [6.07, 6.45) is 0. The summed E-state index contributed by atoms with van der Waals surface area (Å²) in [7, 11) is -0.986. The van der Waals surface area contributed by atoms with Crippen LogP contribution in [0.15, 0.2) is 22.7 Å². The van der Waals surface area contributed by atoms with Crippen LogP contribution in [0.25, 0.3) is 0 Å². The van der Waals surface area contributed by atoms with Crippen molar-refractivity contribution < 1.29 is 4.74 Å². The molecule has 0 saturated carbocycles. The first-order valence-corrected chi connectivity index (χ1v) is 10.8. The molecule has 0 aliphatic carbocycles. The van der Waals surface area contributed by atoms with E-state index >= 15 is 0 Å². The maximum atomic E-state index is 5.77. The van der Waals surface area contributed by atoms with E-state index in [0.29, 0.717) is 6.73 Å². The quantitative estimate of drug-likeness (QED) is 0.660. The lowest BCUT2D eigenvalue weighted by atomic mass is 10.2. The highest BCUT2D eigenvalue weighted by molar-refractivity contribution is 9.10. The number of hydrazine groups is 1. The number of nitrogens with zero attached hydrogens (tertiary/aromatic N) is 1. The third kappa shape index (κ3) is 3.81. The second-order valence-corrected chi connectivity index (χ2v) is 12.4. The average molecular weight is 329 g/mol. The lowest BCUT2D eigenvalue weighted by Gasteiger charge is -2.21. The van der Waals surface area contributed by atoms with Crippen molar-refractivity contribution in [2.45, 2.75) is 32.2 Å². The molecule has 0 atom stereocenters. The first-order chi connectivity index (χ1) is 8.46. The minimum atomic E-state index is -0.986. The Labute approximate surface area is 119 Å². The Morgan fingerprint density at radius 2 is 2.17 bits per heavy atom. The van der Waals surface area contributed by atoms with Crippen molar-refractivity contribution in [3.8, 4) is 0 Å². The molecular weight excluding hydrogens is 308 g/mol. The molecule has 1 heterocycles. The molecule has 0 radical (unpaired) electrons. The molecule has 1 aromatic carbocycles. The van der Waals surface area contributed by atoms with Gasteiger partial charge in [-0.15, -0.1) is 0 Å². The van der Waals surface area contributed by atoms with Crippen LogP contribution in [-0.2, 0) is 11.3 Å². The molecule has 0 amide bonds. The molecule has 0 unspecified atom stereocenters. The fourth-order valence-electron chi connectivity index (χ4n) is 1.85. The van der Waals surface area contributed by atoms with Crippen LogP contribution >= 0.6 is 15.9 Å². The normalized spacial score (nSPS) is 15.0. The van der Waals surface area contributed by atoms with Gasteiger partial charge in [-0.05, 0) is 23.7 Å². The van der Waals surface area contributed by atoms with E-state index in [1.807, 2.05) is 0 Å². The lowest BCUT2D eigenvalue weighted by molar-refractivity contribution is 0.141. The molecule has 3 nitrogen and oxygen atoms in total. The summed E-state index contributed by atoms with van der Waals surface area (Å²) < 4.78 is 6.88. The van der Waals surface area contributed by atoms with Crippen molar-refractivity contribution in [2.24, 2.45) is 0 Å². The maximum absolute atomic E-state index is 5.77. The number of hydrogen-bond acceptors (Lipinski definition) is 3. The van der Waals surface area contributed by atoms with E-state index < -0.39 is 8.07 Å². The highest BCUT2D eigenvalue weighted by Crippen LogP contribution is 2.28. The highest BCUT2D eigenvalue weighted by Gasteiger charge is 2.19. The van der Waals surface area contributed by atoms with E-state index in [9.17, 15) is 0 Å². The van der Waals surface area contributed by atoms with Crippen LogP contribution < -0.4 is 10.4 Å². The Hall–Kier alpha value is -0.363. The average Bonchev–Trinajstić information content (AvgIpc) is 2.66. The summed E-state index contributed by atoms with van der Waals surface area (Å²) in [6, 6.07) is 7.58. The Morgan fingerprint density at radius 3 is 2.89 bits per heavy atom. The highest BCUT2D eigenvalue weighted by atomic mass is 79.9. The Balaban J connectivity index is 1.85. The molecule has 100 valence electrons. The van der Waals surface area contributed by atoms with Crippen molar-refractivity contribution in [3.05, 3.63) is 28.2 Å². The van der Waals surface area contributed by atoms with Gasteiger partial charge in [0.05, 0.1) is 5.69 Å². The third-order valence-electron chi connectivity index (χ3n) is 3.02. The van der Waals surface area contributed by atoms with Crippen LogP contribution in [0.3, 0.4) is 0 Å². The SMILES string of the molecule is C[Si](C)(C)CCOCN1NCc2ccc(Br)cc21. The molecule has 5 heteroatoms. The van der Waals surface area contributed by atoms with E-state index in [1.54, 1.807) is 0 Å². The molecule has 0 bridgehead atoms. The summed E-state index contributed by atoms with van der Waals surface area (Å²) in [5, 5.41) is 2.09. The smallest absolute Gasteiger partial charge is 0.133 e. The van der Waals surface area contributed by atoms with Gasteiger partial charge >= 0.3 is 0 Å². The molecule has 18 heavy (non-hydrogen) atoms. The Bertz CT molecular complexity index is 420. The van der Waals surface area contributed by atoms with Crippen LogP contribution in [0.2, 0.25) is 25.7 Å². The van der Waals surface area contributed by atoms with E-state index in [-0.39, 0.29) is 0 Å². The number of nitrogens with one attached hydrogen (secondary N) is 1. The van der Waals surface area contributed by atoms with Gasteiger partial charge in [-0.2, -0.15) is 0 Å². The van der Waals surface area contributed by atoms with Crippen molar-refractivity contribution in [3.63, 3.8) is 0 Å². The van der Waals surface area contributed by atoms with Gasteiger partial charge < -0.3 is 4.74 Å². The first kappa shape index (κ1) is 14.1. The van der Waals surface area contributed by atoms with Crippen molar-refractivity contribution in [1.29, 1.82) is 0 Å². The predicted octanol–water partition coefficient (Wildman–Crippen LogP) is 3.59.